The third-order valence-corrected chi connectivity index (χ3v) is 8.58. The molecular formula is C30H34Cl3N3O5. The molecule has 4 aliphatic heterocycles. The number of methoxy groups -OCH3 is 1. The average molecular weight is 623 g/mol. The van der Waals surface area contributed by atoms with Crippen molar-refractivity contribution in [1.82, 2.24) is 10.2 Å². The lowest BCUT2D eigenvalue weighted by Gasteiger charge is -2.47. The summed E-state index contributed by atoms with van der Waals surface area (Å²) in [6.45, 7) is 7.86. The van der Waals surface area contributed by atoms with Crippen LogP contribution < -0.4 is 24.4 Å². The van der Waals surface area contributed by atoms with Gasteiger partial charge >= 0.3 is 6.09 Å². The monoisotopic (exact) mass is 621 g/mol. The van der Waals surface area contributed by atoms with E-state index in [1.54, 1.807) is 7.11 Å². The maximum atomic E-state index is 12.4. The molecule has 11 heteroatoms. The maximum absolute atomic E-state index is 12.4. The molecule has 6 rings (SSSR count). The molecule has 41 heavy (non-hydrogen) atoms. The number of carbonyl (C=O) groups excluding carboxylic acids is 1. The molecule has 1 atom stereocenters. The quantitative estimate of drug-likeness (QED) is 0.382. The van der Waals surface area contributed by atoms with Crippen molar-refractivity contribution in [3.8, 4) is 17.2 Å². The Balaban J connectivity index is 1.36. The Hall–Kier alpha value is -2.68. The molecule has 0 saturated carbocycles. The van der Waals surface area contributed by atoms with Crippen LogP contribution in [0.3, 0.4) is 0 Å². The van der Waals surface area contributed by atoms with Crippen molar-refractivity contribution in [2.45, 2.75) is 61.5 Å². The Labute approximate surface area is 255 Å². The minimum Gasteiger partial charge on any atom is -0.495 e. The molecule has 2 aromatic rings. The summed E-state index contributed by atoms with van der Waals surface area (Å²) in [6, 6.07) is 7.55. The fourth-order valence-electron chi connectivity index (χ4n) is 6.25. The molecule has 8 nitrogen and oxygen atoms in total. The molecule has 4 aliphatic rings. The number of nitrogens with zero attached hydrogens (tertiary/aromatic N) is 2. The summed E-state index contributed by atoms with van der Waals surface area (Å²) >= 11 is 20.4. The summed E-state index contributed by atoms with van der Waals surface area (Å²) in [5, 5.41) is 3.02. The highest BCUT2D eigenvalue weighted by Crippen LogP contribution is 2.56. The molecule has 1 fully saturated rings. The van der Waals surface area contributed by atoms with Gasteiger partial charge in [0, 0.05) is 42.5 Å². The number of rotatable bonds is 3. The first-order valence-electron chi connectivity index (χ1n) is 13.9. The Morgan fingerprint density at radius 2 is 1.76 bits per heavy atom. The minimum atomic E-state index is -1.63. The van der Waals surface area contributed by atoms with E-state index < -0.39 is 21.5 Å². The van der Waals surface area contributed by atoms with Gasteiger partial charge in [-0.1, -0.05) is 40.9 Å². The molecule has 0 radical (unpaired) electrons. The van der Waals surface area contributed by atoms with E-state index >= 15 is 0 Å². The first kappa shape index (κ1) is 28.4. The fourth-order valence-corrected chi connectivity index (χ4v) is 6.93. The molecule has 220 valence electrons. The van der Waals surface area contributed by atoms with Crippen LogP contribution >= 0.6 is 34.8 Å². The maximum Gasteiger partial charge on any atom is 0.407 e. The number of anilines is 1. The highest BCUT2D eigenvalue weighted by Gasteiger charge is 2.47. The molecule has 1 amide bonds. The summed E-state index contributed by atoms with van der Waals surface area (Å²) in [5.41, 5.74) is 5.50. The molecular weight excluding hydrogens is 589 g/mol. The van der Waals surface area contributed by atoms with E-state index in [4.69, 9.17) is 53.8 Å². The van der Waals surface area contributed by atoms with Gasteiger partial charge in [0.05, 0.1) is 12.8 Å². The molecule has 2 aromatic carbocycles. The number of fused-ring (bicyclic) bond motifs is 5. The zero-order valence-corrected chi connectivity index (χ0v) is 25.8. The number of piperidine rings is 1. The number of ether oxygens (including phenoxy) is 4. The van der Waals surface area contributed by atoms with Crippen molar-refractivity contribution < 1.29 is 23.7 Å². The van der Waals surface area contributed by atoms with Crippen molar-refractivity contribution >= 4 is 58.4 Å². The van der Waals surface area contributed by atoms with Crippen LogP contribution in [0.2, 0.25) is 0 Å². The van der Waals surface area contributed by atoms with E-state index in [2.05, 4.69) is 27.3 Å². The SMILES string of the molecule is COc1ccc2c(c1N1CCC(NC(=O)OC(C)(C)C)CC1)C(C(Cl)(Cl)Cl)N1CCc3cc4c(cc3C1=C2)OCO4. The Morgan fingerprint density at radius 1 is 1.05 bits per heavy atom. The van der Waals surface area contributed by atoms with Gasteiger partial charge in [0.1, 0.15) is 17.4 Å². The average Bonchev–Trinajstić information content (AvgIpc) is 3.36. The molecule has 1 unspecified atom stereocenters. The van der Waals surface area contributed by atoms with Crippen LogP contribution in [0.25, 0.3) is 11.8 Å². The largest absolute Gasteiger partial charge is 0.495 e. The Bertz CT molecular complexity index is 1390. The number of carbonyl (C=O) groups is 1. The van der Waals surface area contributed by atoms with Gasteiger partial charge in [-0.25, -0.2) is 4.79 Å². The minimum absolute atomic E-state index is 0.00798. The zero-order chi connectivity index (χ0) is 29.1. The molecule has 0 spiro atoms. The van der Waals surface area contributed by atoms with Crippen LogP contribution in [-0.2, 0) is 11.2 Å². The van der Waals surface area contributed by atoms with Crippen molar-refractivity contribution in [2.24, 2.45) is 0 Å². The first-order valence-corrected chi connectivity index (χ1v) is 15.0. The van der Waals surface area contributed by atoms with Gasteiger partial charge in [-0.2, -0.15) is 0 Å². The molecule has 1 saturated heterocycles. The highest BCUT2D eigenvalue weighted by molar-refractivity contribution is 6.68. The van der Waals surface area contributed by atoms with Gasteiger partial charge in [0.2, 0.25) is 10.6 Å². The second-order valence-electron chi connectivity index (χ2n) is 11.8. The predicted molar refractivity (Wildman–Crippen MR) is 161 cm³/mol. The van der Waals surface area contributed by atoms with Crippen molar-refractivity contribution in [1.29, 1.82) is 0 Å². The Morgan fingerprint density at radius 3 is 2.41 bits per heavy atom. The number of nitrogens with one attached hydrogen (secondary N) is 1. The van der Waals surface area contributed by atoms with Gasteiger partial charge in [-0.3, -0.25) is 0 Å². The number of alkyl halides is 3. The lowest BCUT2D eigenvalue weighted by Crippen LogP contribution is -2.47. The molecule has 0 aliphatic carbocycles. The van der Waals surface area contributed by atoms with Crippen molar-refractivity contribution in [3.63, 3.8) is 0 Å². The number of alkyl carbamates (subject to hydrolysis) is 1. The predicted octanol–water partition coefficient (Wildman–Crippen LogP) is 6.70. The molecule has 0 bridgehead atoms. The van der Waals surface area contributed by atoms with Crippen LogP contribution in [0.1, 0.15) is 61.9 Å². The van der Waals surface area contributed by atoms with E-state index in [0.717, 1.165) is 64.6 Å². The lowest BCUT2D eigenvalue weighted by atomic mass is 9.85. The van der Waals surface area contributed by atoms with E-state index in [1.807, 2.05) is 39.0 Å². The summed E-state index contributed by atoms with van der Waals surface area (Å²) in [7, 11) is 1.66. The lowest BCUT2D eigenvalue weighted by molar-refractivity contribution is 0.0497. The van der Waals surface area contributed by atoms with Gasteiger partial charge in [-0.05, 0) is 75.4 Å². The van der Waals surface area contributed by atoms with Crippen LogP contribution in [0.15, 0.2) is 24.3 Å². The zero-order valence-electron chi connectivity index (χ0n) is 23.6. The normalized spacial score (nSPS) is 20.1. The van der Waals surface area contributed by atoms with Gasteiger partial charge in [-0.15, -0.1) is 0 Å². The van der Waals surface area contributed by atoms with Gasteiger partial charge in [0.25, 0.3) is 0 Å². The smallest absolute Gasteiger partial charge is 0.407 e. The van der Waals surface area contributed by atoms with Gasteiger partial charge < -0.3 is 34.1 Å². The standard InChI is InChI=1S/C30H34Cl3N3O5/c1-29(2,3)41-28(37)34-19-8-10-35(11-9-19)26-22(38-4)6-5-18-13-21-20-15-24-23(39-16-40-24)14-17(20)7-12-36(21)27(25(18)26)30(31,32)33/h5-6,13-15,19,27H,7-12,16H2,1-4H3,(H,34,37). The summed E-state index contributed by atoms with van der Waals surface area (Å²) in [5.74, 6) is 2.21. The fraction of sp³-hybridized carbons (Fsp3) is 0.500. The first-order chi connectivity index (χ1) is 19.4. The summed E-state index contributed by atoms with van der Waals surface area (Å²) < 4.78 is 21.0. The number of hydrogen-bond acceptors (Lipinski definition) is 7. The van der Waals surface area contributed by atoms with Crippen LogP contribution in [0.5, 0.6) is 17.2 Å². The molecule has 4 heterocycles. The number of amides is 1. The second kappa shape index (κ2) is 10.5. The number of halogens is 3. The number of benzene rings is 2. The van der Waals surface area contributed by atoms with E-state index in [-0.39, 0.29) is 12.8 Å². The topological polar surface area (TPSA) is 72.5 Å². The highest BCUT2D eigenvalue weighted by atomic mass is 35.6. The van der Waals surface area contributed by atoms with Crippen molar-refractivity contribution in [3.05, 3.63) is 46.5 Å². The third kappa shape index (κ3) is 5.46. The third-order valence-electron chi connectivity index (χ3n) is 7.96. The van der Waals surface area contributed by atoms with E-state index in [1.165, 1.54) is 5.56 Å². The molecule has 0 aromatic heterocycles. The van der Waals surface area contributed by atoms with Crippen molar-refractivity contribution in [2.75, 3.05) is 38.4 Å². The van der Waals surface area contributed by atoms with E-state index in [0.29, 0.717) is 19.6 Å². The Kier molecular flexibility index (Phi) is 7.32. The summed E-state index contributed by atoms with van der Waals surface area (Å²) in [4.78, 5) is 16.8. The van der Waals surface area contributed by atoms with Crippen LogP contribution in [-0.4, -0.2) is 60.0 Å². The van der Waals surface area contributed by atoms with Crippen LogP contribution in [0.4, 0.5) is 10.5 Å². The van der Waals surface area contributed by atoms with Crippen LogP contribution in [0, 0.1) is 0 Å². The number of hydrogen-bond donors (Lipinski definition) is 1. The van der Waals surface area contributed by atoms with Gasteiger partial charge in [0.15, 0.2) is 11.5 Å². The molecule has 1 N–H and O–H groups in total. The summed E-state index contributed by atoms with van der Waals surface area (Å²) in [6.07, 6.45) is 4.04. The second-order valence-corrected chi connectivity index (χ2v) is 14.2. The van der Waals surface area contributed by atoms with E-state index in [9.17, 15) is 4.79 Å².